The third kappa shape index (κ3) is 5.72. The standard InChI is InChI=1S/C19H21F3N2O2S/c1-12-4-5-16(15(20)8-12)24-19-14(11-25)9-13(17(21)18(19)22)10-23-26-6-3-7-27-2/h4-5,8-9,11,23-24H,3,6-7,10H2,1-2H3. The highest BCUT2D eigenvalue weighted by Crippen LogP contribution is 2.29. The number of benzene rings is 2. The Bertz CT molecular complexity index is 803. The van der Waals surface area contributed by atoms with Crippen molar-refractivity contribution in [3.05, 3.63) is 58.4 Å². The van der Waals surface area contributed by atoms with Gasteiger partial charge in [-0.2, -0.15) is 17.2 Å². The minimum atomic E-state index is -1.25. The van der Waals surface area contributed by atoms with E-state index in [4.69, 9.17) is 4.84 Å². The first-order chi connectivity index (χ1) is 13.0. The van der Waals surface area contributed by atoms with Gasteiger partial charge in [-0.05, 0) is 49.1 Å². The lowest BCUT2D eigenvalue weighted by Gasteiger charge is -2.14. The Kier molecular flexibility index (Phi) is 8.15. The van der Waals surface area contributed by atoms with Gasteiger partial charge in [0.2, 0.25) is 0 Å². The second-order valence-corrected chi connectivity index (χ2v) is 6.86. The molecule has 146 valence electrons. The van der Waals surface area contributed by atoms with Gasteiger partial charge < -0.3 is 10.2 Å². The molecule has 4 nitrogen and oxygen atoms in total. The normalized spacial score (nSPS) is 10.9. The number of hydroxylamine groups is 1. The number of carbonyl (C=O) groups excluding carboxylic acids is 1. The van der Waals surface area contributed by atoms with E-state index in [0.29, 0.717) is 18.5 Å². The van der Waals surface area contributed by atoms with Gasteiger partial charge in [-0.3, -0.25) is 4.79 Å². The highest BCUT2D eigenvalue weighted by Gasteiger charge is 2.19. The number of aldehydes is 1. The highest BCUT2D eigenvalue weighted by atomic mass is 32.2. The third-order valence-corrected chi connectivity index (χ3v) is 4.48. The Balaban J connectivity index is 2.17. The zero-order chi connectivity index (χ0) is 19.8. The molecule has 8 heteroatoms. The molecule has 0 saturated heterocycles. The van der Waals surface area contributed by atoms with Crippen molar-refractivity contribution in [2.24, 2.45) is 0 Å². The summed E-state index contributed by atoms with van der Waals surface area (Å²) in [7, 11) is 0. The van der Waals surface area contributed by atoms with Crippen LogP contribution in [0.4, 0.5) is 24.5 Å². The van der Waals surface area contributed by atoms with Gasteiger partial charge in [0.25, 0.3) is 0 Å². The number of carbonyl (C=O) groups is 1. The molecule has 0 fully saturated rings. The molecule has 2 aromatic carbocycles. The summed E-state index contributed by atoms with van der Waals surface area (Å²) >= 11 is 1.68. The average molecular weight is 398 g/mol. The monoisotopic (exact) mass is 398 g/mol. The molecule has 0 unspecified atom stereocenters. The number of hydrogen-bond donors (Lipinski definition) is 2. The van der Waals surface area contributed by atoms with Crippen molar-refractivity contribution >= 4 is 29.4 Å². The van der Waals surface area contributed by atoms with Gasteiger partial charge in [0.1, 0.15) is 5.82 Å². The van der Waals surface area contributed by atoms with E-state index in [-0.39, 0.29) is 23.4 Å². The molecule has 2 aromatic rings. The second-order valence-electron chi connectivity index (χ2n) is 5.87. The van der Waals surface area contributed by atoms with E-state index in [1.54, 1.807) is 24.8 Å². The first kappa shape index (κ1) is 21.3. The maximum Gasteiger partial charge on any atom is 0.183 e. The number of thioether (sulfide) groups is 1. The third-order valence-electron chi connectivity index (χ3n) is 3.78. The number of halogens is 3. The van der Waals surface area contributed by atoms with E-state index >= 15 is 0 Å². The Morgan fingerprint density at radius 3 is 2.63 bits per heavy atom. The van der Waals surface area contributed by atoms with Crippen LogP contribution < -0.4 is 10.8 Å². The topological polar surface area (TPSA) is 50.4 Å². The fraction of sp³-hybridized carbons (Fsp3) is 0.316. The quantitative estimate of drug-likeness (QED) is 0.344. The number of hydrogen-bond acceptors (Lipinski definition) is 5. The molecule has 0 aliphatic rings. The van der Waals surface area contributed by atoms with Crippen molar-refractivity contribution in [2.75, 3.05) is 23.9 Å². The molecule has 0 saturated carbocycles. The van der Waals surface area contributed by atoms with Crippen LogP contribution in [0.15, 0.2) is 24.3 Å². The van der Waals surface area contributed by atoms with E-state index in [1.807, 2.05) is 6.26 Å². The summed E-state index contributed by atoms with van der Waals surface area (Å²) in [4.78, 5) is 16.5. The molecule has 0 aliphatic heterocycles. The van der Waals surface area contributed by atoms with E-state index in [9.17, 15) is 18.0 Å². The van der Waals surface area contributed by atoms with Crippen LogP contribution in [0.3, 0.4) is 0 Å². The zero-order valence-electron chi connectivity index (χ0n) is 15.1. The first-order valence-corrected chi connectivity index (χ1v) is 9.70. The lowest BCUT2D eigenvalue weighted by Crippen LogP contribution is -2.17. The molecular weight excluding hydrogens is 377 g/mol. The molecule has 0 radical (unpaired) electrons. The van der Waals surface area contributed by atoms with Crippen LogP contribution in [0.2, 0.25) is 0 Å². The zero-order valence-corrected chi connectivity index (χ0v) is 15.9. The lowest BCUT2D eigenvalue weighted by atomic mass is 10.1. The van der Waals surface area contributed by atoms with Crippen molar-refractivity contribution in [3.63, 3.8) is 0 Å². The van der Waals surface area contributed by atoms with Gasteiger partial charge in [0, 0.05) is 17.7 Å². The van der Waals surface area contributed by atoms with Crippen molar-refractivity contribution in [3.8, 4) is 0 Å². The summed E-state index contributed by atoms with van der Waals surface area (Å²) in [6.45, 7) is 2.02. The Hall–Kier alpha value is -2.03. The molecule has 0 amide bonds. The Morgan fingerprint density at radius 2 is 1.96 bits per heavy atom. The Labute approximate surface area is 160 Å². The van der Waals surface area contributed by atoms with E-state index < -0.39 is 23.1 Å². The van der Waals surface area contributed by atoms with E-state index in [0.717, 1.165) is 12.2 Å². The number of rotatable bonds is 10. The van der Waals surface area contributed by atoms with Gasteiger partial charge in [0.15, 0.2) is 17.9 Å². The SMILES string of the molecule is CSCCCONCc1cc(C=O)c(Nc2ccc(C)cc2F)c(F)c1F. The Morgan fingerprint density at radius 1 is 1.19 bits per heavy atom. The lowest BCUT2D eigenvalue weighted by molar-refractivity contribution is 0.0369. The van der Waals surface area contributed by atoms with Crippen LogP contribution in [0.25, 0.3) is 0 Å². The molecule has 0 bridgehead atoms. The number of nitrogens with one attached hydrogen (secondary N) is 2. The molecule has 0 aromatic heterocycles. The fourth-order valence-electron chi connectivity index (χ4n) is 2.38. The highest BCUT2D eigenvalue weighted by molar-refractivity contribution is 7.98. The number of anilines is 2. The van der Waals surface area contributed by atoms with Gasteiger partial charge in [-0.25, -0.2) is 13.2 Å². The smallest absolute Gasteiger partial charge is 0.183 e. The fourth-order valence-corrected chi connectivity index (χ4v) is 2.79. The van der Waals surface area contributed by atoms with Crippen molar-refractivity contribution < 1.29 is 22.8 Å². The summed E-state index contributed by atoms with van der Waals surface area (Å²) in [5.74, 6) is -2.08. The van der Waals surface area contributed by atoms with Crippen LogP contribution in [-0.2, 0) is 11.4 Å². The molecule has 0 aliphatic carbocycles. The van der Waals surface area contributed by atoms with Crippen molar-refractivity contribution in [1.82, 2.24) is 5.48 Å². The molecule has 2 N–H and O–H groups in total. The summed E-state index contributed by atoms with van der Waals surface area (Å²) in [5, 5.41) is 2.47. The summed E-state index contributed by atoms with van der Waals surface area (Å²) in [5.41, 5.74) is 2.60. The maximum atomic E-state index is 14.5. The first-order valence-electron chi connectivity index (χ1n) is 8.30. The summed E-state index contributed by atoms with van der Waals surface area (Å²) in [6.07, 6.45) is 3.18. The van der Waals surface area contributed by atoms with E-state index in [2.05, 4.69) is 10.8 Å². The van der Waals surface area contributed by atoms with Crippen LogP contribution in [0, 0.1) is 24.4 Å². The maximum absolute atomic E-state index is 14.5. The van der Waals surface area contributed by atoms with Gasteiger partial charge in [0.05, 0.1) is 18.0 Å². The average Bonchev–Trinajstić information content (AvgIpc) is 2.65. The molecule has 0 heterocycles. The number of aryl methyl sites for hydroxylation is 1. The van der Waals surface area contributed by atoms with Crippen LogP contribution >= 0.6 is 11.8 Å². The molecule has 0 atom stereocenters. The summed E-state index contributed by atoms with van der Waals surface area (Å²) in [6, 6.07) is 5.48. The minimum absolute atomic E-state index is 0.0509. The summed E-state index contributed by atoms with van der Waals surface area (Å²) < 4.78 is 42.8. The van der Waals surface area contributed by atoms with E-state index in [1.165, 1.54) is 18.2 Å². The predicted molar refractivity (Wildman–Crippen MR) is 102 cm³/mol. The second kappa shape index (κ2) is 10.3. The van der Waals surface area contributed by atoms with Gasteiger partial charge in [-0.15, -0.1) is 0 Å². The van der Waals surface area contributed by atoms with Crippen molar-refractivity contribution in [2.45, 2.75) is 19.9 Å². The van der Waals surface area contributed by atoms with Crippen LogP contribution in [0.1, 0.15) is 27.9 Å². The van der Waals surface area contributed by atoms with Crippen LogP contribution in [0.5, 0.6) is 0 Å². The largest absolute Gasteiger partial charge is 0.350 e. The predicted octanol–water partition coefficient (Wildman–Crippen LogP) is 4.74. The van der Waals surface area contributed by atoms with Crippen LogP contribution in [-0.4, -0.2) is 24.9 Å². The minimum Gasteiger partial charge on any atom is -0.350 e. The van der Waals surface area contributed by atoms with Crippen molar-refractivity contribution in [1.29, 1.82) is 0 Å². The van der Waals surface area contributed by atoms with Gasteiger partial charge in [-0.1, -0.05) is 6.07 Å². The molecule has 0 spiro atoms. The van der Waals surface area contributed by atoms with Gasteiger partial charge >= 0.3 is 0 Å². The molecular formula is C19H21F3N2O2S. The molecule has 27 heavy (non-hydrogen) atoms. The molecule has 2 rings (SSSR count).